The second-order valence-corrected chi connectivity index (χ2v) is 7.92. The minimum Gasteiger partial charge on any atom is -0.332 e. The van der Waals surface area contributed by atoms with Crippen LogP contribution in [0.3, 0.4) is 0 Å². The van der Waals surface area contributed by atoms with Gasteiger partial charge in [0, 0.05) is 42.1 Å². The van der Waals surface area contributed by atoms with Gasteiger partial charge in [-0.05, 0) is 45.0 Å². The lowest BCUT2D eigenvalue weighted by atomic mass is 10.3. The second kappa shape index (κ2) is 6.14. The maximum Gasteiger partial charge on any atom is 0.123 e. The number of aryl methyl sites for hydroxylation is 1. The highest BCUT2D eigenvalue weighted by Gasteiger charge is 2.20. The van der Waals surface area contributed by atoms with Crippen molar-refractivity contribution in [1.29, 1.82) is 0 Å². The van der Waals surface area contributed by atoms with E-state index >= 15 is 0 Å². The summed E-state index contributed by atoms with van der Waals surface area (Å²) in [5.74, 6) is 1.24. The van der Waals surface area contributed by atoms with Gasteiger partial charge < -0.3 is 4.57 Å². The van der Waals surface area contributed by atoms with Gasteiger partial charge >= 0.3 is 0 Å². The van der Waals surface area contributed by atoms with Crippen LogP contribution in [0.2, 0.25) is 0 Å². The molecule has 0 aliphatic carbocycles. The van der Waals surface area contributed by atoms with Crippen molar-refractivity contribution in [1.82, 2.24) is 19.4 Å². The maximum atomic E-state index is 4.89. The Morgan fingerprint density at radius 3 is 2.68 bits per heavy atom. The molecule has 1 fully saturated rings. The van der Waals surface area contributed by atoms with Crippen molar-refractivity contribution >= 4 is 11.3 Å². The van der Waals surface area contributed by atoms with Gasteiger partial charge in [0.15, 0.2) is 0 Å². The topological polar surface area (TPSA) is 24.3 Å². The van der Waals surface area contributed by atoms with Gasteiger partial charge in [-0.25, -0.2) is 4.98 Å². The smallest absolute Gasteiger partial charge is 0.123 e. The lowest BCUT2D eigenvalue weighted by molar-refractivity contribution is 0.210. The Morgan fingerprint density at radius 1 is 1.05 bits per heavy atom. The van der Waals surface area contributed by atoms with Crippen LogP contribution in [0.15, 0.2) is 18.3 Å². The highest BCUT2D eigenvalue weighted by molar-refractivity contribution is 7.11. The highest BCUT2D eigenvalue weighted by atomic mass is 32.1. The minimum atomic E-state index is 0.983. The van der Waals surface area contributed by atoms with Crippen LogP contribution in [0, 0.1) is 6.92 Å². The average molecular weight is 316 g/mol. The highest BCUT2D eigenvalue weighted by Crippen LogP contribution is 2.21. The number of hydrogen-bond acceptors (Lipinski definition) is 4. The fourth-order valence-electron chi connectivity index (χ4n) is 3.53. The fourth-order valence-corrected chi connectivity index (χ4v) is 4.47. The van der Waals surface area contributed by atoms with E-state index in [2.05, 4.69) is 39.6 Å². The molecule has 0 radical (unpaired) electrons. The summed E-state index contributed by atoms with van der Waals surface area (Å²) >= 11 is 1.91. The molecule has 2 aliphatic heterocycles. The molecule has 2 aliphatic rings. The summed E-state index contributed by atoms with van der Waals surface area (Å²) in [6.07, 6.45) is 4.98. The Hall–Kier alpha value is -1.17. The lowest BCUT2D eigenvalue weighted by Gasteiger charge is -2.26. The summed E-state index contributed by atoms with van der Waals surface area (Å²) in [6, 6.07) is 4.49. The lowest BCUT2D eigenvalue weighted by Crippen LogP contribution is -2.32. The van der Waals surface area contributed by atoms with E-state index in [1.807, 2.05) is 11.3 Å². The van der Waals surface area contributed by atoms with E-state index in [-0.39, 0.29) is 0 Å². The molecule has 0 unspecified atom stereocenters. The second-order valence-electron chi connectivity index (χ2n) is 6.55. The van der Waals surface area contributed by atoms with Gasteiger partial charge in [0.25, 0.3) is 0 Å². The molecule has 2 aromatic heterocycles. The predicted molar refractivity (Wildman–Crippen MR) is 89.9 cm³/mol. The largest absolute Gasteiger partial charge is 0.332 e. The van der Waals surface area contributed by atoms with E-state index in [0.717, 1.165) is 32.7 Å². The summed E-state index contributed by atoms with van der Waals surface area (Å²) < 4.78 is 2.36. The van der Waals surface area contributed by atoms with Crippen molar-refractivity contribution in [3.63, 3.8) is 0 Å². The summed E-state index contributed by atoms with van der Waals surface area (Å²) in [5, 5.41) is 0. The number of likely N-dealkylation sites (tertiary alicyclic amines) is 1. The number of aromatic nitrogens is 2. The Labute approximate surface area is 136 Å². The molecule has 0 saturated carbocycles. The summed E-state index contributed by atoms with van der Waals surface area (Å²) in [6.45, 7) is 9.95. The summed E-state index contributed by atoms with van der Waals surface area (Å²) in [5.41, 5.74) is 1.26. The first-order chi connectivity index (χ1) is 10.8. The molecule has 1 saturated heterocycles. The summed E-state index contributed by atoms with van der Waals surface area (Å²) in [7, 11) is 0. The SMILES string of the molecule is Cc1ccc(CN2CCn3cc(CN4CCCC4)nc3C2)s1. The number of imidazole rings is 1. The van der Waals surface area contributed by atoms with Crippen LogP contribution < -0.4 is 0 Å². The standard InChI is InChI=1S/C17H24N4S/c1-14-4-5-16(22-14)12-20-8-9-21-11-15(18-17(21)13-20)10-19-6-2-3-7-19/h4-5,11H,2-3,6-10,12-13H2,1H3. The van der Waals surface area contributed by atoms with E-state index in [1.165, 1.54) is 47.2 Å². The third kappa shape index (κ3) is 3.12. The minimum absolute atomic E-state index is 0.983. The monoisotopic (exact) mass is 316 g/mol. The van der Waals surface area contributed by atoms with E-state index in [1.54, 1.807) is 0 Å². The first-order valence-corrected chi connectivity index (χ1v) is 9.13. The zero-order valence-electron chi connectivity index (χ0n) is 13.3. The molecule has 4 heterocycles. The zero-order valence-corrected chi connectivity index (χ0v) is 14.1. The van der Waals surface area contributed by atoms with Gasteiger partial charge in [0.2, 0.25) is 0 Å². The Bertz CT molecular complexity index is 639. The van der Waals surface area contributed by atoms with Crippen molar-refractivity contribution in [2.45, 2.75) is 45.9 Å². The molecule has 2 aromatic rings. The number of hydrogen-bond donors (Lipinski definition) is 0. The Morgan fingerprint density at radius 2 is 1.91 bits per heavy atom. The van der Waals surface area contributed by atoms with E-state index in [0.29, 0.717) is 0 Å². The normalized spacial score (nSPS) is 19.7. The predicted octanol–water partition coefficient (Wildman–Crippen LogP) is 2.86. The molecular weight excluding hydrogens is 292 g/mol. The van der Waals surface area contributed by atoms with Crippen molar-refractivity contribution in [3.8, 4) is 0 Å². The number of nitrogens with zero attached hydrogens (tertiary/aromatic N) is 4. The molecule has 0 spiro atoms. The van der Waals surface area contributed by atoms with Gasteiger partial charge in [-0.1, -0.05) is 0 Å². The third-order valence-electron chi connectivity index (χ3n) is 4.69. The quantitative estimate of drug-likeness (QED) is 0.867. The van der Waals surface area contributed by atoms with Crippen molar-refractivity contribution < 1.29 is 0 Å². The van der Waals surface area contributed by atoms with Gasteiger partial charge in [-0.3, -0.25) is 9.80 Å². The molecule has 22 heavy (non-hydrogen) atoms. The molecule has 0 N–H and O–H groups in total. The number of rotatable bonds is 4. The molecule has 4 nitrogen and oxygen atoms in total. The first-order valence-electron chi connectivity index (χ1n) is 8.31. The molecule has 4 rings (SSSR count). The number of thiophene rings is 1. The fraction of sp³-hybridized carbons (Fsp3) is 0.588. The molecular formula is C17H24N4S. The van der Waals surface area contributed by atoms with E-state index in [4.69, 9.17) is 4.98 Å². The average Bonchev–Trinajstić information content (AvgIpc) is 3.20. The van der Waals surface area contributed by atoms with E-state index in [9.17, 15) is 0 Å². The molecule has 0 aromatic carbocycles. The van der Waals surface area contributed by atoms with Gasteiger partial charge in [-0.15, -0.1) is 11.3 Å². The van der Waals surface area contributed by atoms with Crippen LogP contribution in [-0.4, -0.2) is 39.0 Å². The van der Waals surface area contributed by atoms with Crippen LogP contribution >= 0.6 is 11.3 Å². The molecule has 5 heteroatoms. The van der Waals surface area contributed by atoms with Gasteiger partial charge in [0.1, 0.15) is 5.82 Å². The van der Waals surface area contributed by atoms with Crippen LogP contribution in [0.25, 0.3) is 0 Å². The molecule has 118 valence electrons. The van der Waals surface area contributed by atoms with Crippen molar-refractivity contribution in [2.75, 3.05) is 19.6 Å². The van der Waals surface area contributed by atoms with Crippen molar-refractivity contribution in [3.05, 3.63) is 39.6 Å². The van der Waals surface area contributed by atoms with Crippen LogP contribution in [-0.2, 0) is 26.2 Å². The molecule has 0 bridgehead atoms. The van der Waals surface area contributed by atoms with Gasteiger partial charge in [-0.2, -0.15) is 0 Å². The Kier molecular flexibility index (Phi) is 4.03. The first kappa shape index (κ1) is 14.4. The number of fused-ring (bicyclic) bond motifs is 1. The van der Waals surface area contributed by atoms with Crippen molar-refractivity contribution in [2.24, 2.45) is 0 Å². The maximum absolute atomic E-state index is 4.89. The zero-order chi connectivity index (χ0) is 14.9. The summed E-state index contributed by atoms with van der Waals surface area (Å²) in [4.78, 5) is 12.8. The third-order valence-corrected chi connectivity index (χ3v) is 5.68. The molecule has 0 atom stereocenters. The van der Waals surface area contributed by atoms with Crippen LogP contribution in [0.1, 0.15) is 34.1 Å². The van der Waals surface area contributed by atoms with Crippen LogP contribution in [0.5, 0.6) is 0 Å². The molecule has 0 amide bonds. The van der Waals surface area contributed by atoms with Crippen LogP contribution in [0.4, 0.5) is 0 Å². The van der Waals surface area contributed by atoms with E-state index < -0.39 is 0 Å². The van der Waals surface area contributed by atoms with Gasteiger partial charge in [0.05, 0.1) is 12.2 Å². The Balaban J connectivity index is 1.40.